The van der Waals surface area contributed by atoms with Crippen molar-refractivity contribution in [2.75, 3.05) is 44.2 Å². The molecule has 0 spiro atoms. The van der Waals surface area contributed by atoms with Crippen LogP contribution in [0.2, 0.25) is 0 Å². The molecule has 1 aromatic rings. The van der Waals surface area contributed by atoms with E-state index in [9.17, 15) is 4.79 Å². The highest BCUT2D eigenvalue weighted by molar-refractivity contribution is 5.65. The minimum absolute atomic E-state index is 0.206. The highest BCUT2D eigenvalue weighted by atomic mass is 16.5. The third kappa shape index (κ3) is 3.70. The Morgan fingerprint density at radius 2 is 2.11 bits per heavy atom. The highest BCUT2D eigenvalue weighted by Crippen LogP contribution is 2.12. The molecule has 0 unspecified atom stereocenters. The molecule has 1 aliphatic rings. The second kappa shape index (κ2) is 6.35. The van der Waals surface area contributed by atoms with Gasteiger partial charge >= 0.3 is 5.97 Å². The maximum atomic E-state index is 10.7. The smallest absolute Gasteiger partial charge is 0.302 e. The van der Waals surface area contributed by atoms with Crippen LogP contribution in [0.5, 0.6) is 0 Å². The molecule has 98 valence electrons. The third-order valence-electron chi connectivity index (χ3n) is 3.06. The summed E-state index contributed by atoms with van der Waals surface area (Å²) in [4.78, 5) is 19.6. The lowest BCUT2D eigenvalue weighted by atomic mass is 10.3. The molecule has 1 fully saturated rings. The molecule has 0 atom stereocenters. The Hall–Kier alpha value is -1.62. The van der Waals surface area contributed by atoms with E-state index in [1.165, 1.54) is 6.92 Å². The molecule has 0 bridgehead atoms. The Labute approximate surface area is 107 Å². The van der Waals surface area contributed by atoms with Gasteiger partial charge in [-0.3, -0.25) is 9.69 Å². The molecular weight excluding hydrogens is 230 g/mol. The molecule has 2 rings (SSSR count). The summed E-state index contributed by atoms with van der Waals surface area (Å²) in [6, 6.07) is 5.97. The molecule has 1 aromatic heterocycles. The summed E-state index contributed by atoms with van der Waals surface area (Å²) in [6.07, 6.45) is 1.82. The minimum atomic E-state index is -0.206. The van der Waals surface area contributed by atoms with Gasteiger partial charge in [-0.2, -0.15) is 0 Å². The fourth-order valence-corrected chi connectivity index (χ4v) is 2.06. The molecule has 0 aromatic carbocycles. The molecule has 18 heavy (non-hydrogen) atoms. The SMILES string of the molecule is CC(=O)OCCN1CCN(c2ccccn2)CC1. The van der Waals surface area contributed by atoms with Crippen LogP contribution in [0.3, 0.4) is 0 Å². The maximum Gasteiger partial charge on any atom is 0.302 e. The summed E-state index contributed by atoms with van der Waals surface area (Å²) < 4.78 is 4.95. The van der Waals surface area contributed by atoms with Crippen molar-refractivity contribution in [3.05, 3.63) is 24.4 Å². The molecule has 0 N–H and O–H groups in total. The first kappa shape index (κ1) is 12.8. The molecule has 0 amide bonds. The number of hydrogen-bond acceptors (Lipinski definition) is 5. The molecule has 5 heteroatoms. The lowest BCUT2D eigenvalue weighted by Crippen LogP contribution is -2.47. The van der Waals surface area contributed by atoms with E-state index in [0.717, 1.165) is 38.5 Å². The van der Waals surface area contributed by atoms with E-state index in [-0.39, 0.29) is 5.97 Å². The number of rotatable bonds is 4. The summed E-state index contributed by atoms with van der Waals surface area (Å²) in [5, 5.41) is 0. The number of nitrogens with zero attached hydrogens (tertiary/aromatic N) is 3. The van der Waals surface area contributed by atoms with Gasteiger partial charge in [-0.15, -0.1) is 0 Å². The zero-order valence-electron chi connectivity index (χ0n) is 10.7. The van der Waals surface area contributed by atoms with E-state index in [0.29, 0.717) is 6.61 Å². The zero-order chi connectivity index (χ0) is 12.8. The average Bonchev–Trinajstić information content (AvgIpc) is 2.40. The van der Waals surface area contributed by atoms with Gasteiger partial charge in [-0.25, -0.2) is 4.98 Å². The summed E-state index contributed by atoms with van der Waals surface area (Å²) in [6.45, 7) is 6.65. The Balaban J connectivity index is 1.73. The number of anilines is 1. The van der Waals surface area contributed by atoms with Crippen LogP contribution in [-0.4, -0.2) is 55.2 Å². The number of carbonyl (C=O) groups excluding carboxylic acids is 1. The number of carbonyl (C=O) groups is 1. The molecule has 0 saturated carbocycles. The molecule has 2 heterocycles. The summed E-state index contributed by atoms with van der Waals surface area (Å²) in [7, 11) is 0. The normalized spacial score (nSPS) is 16.6. The topological polar surface area (TPSA) is 45.7 Å². The van der Waals surface area contributed by atoms with Crippen LogP contribution in [0.25, 0.3) is 0 Å². The molecule has 1 saturated heterocycles. The standard InChI is InChI=1S/C13H19N3O2/c1-12(17)18-11-10-15-6-8-16(9-7-15)13-4-2-3-5-14-13/h2-5H,6-11H2,1H3. The first-order valence-corrected chi connectivity index (χ1v) is 6.27. The molecular formula is C13H19N3O2. The van der Waals surface area contributed by atoms with Gasteiger partial charge in [0.25, 0.3) is 0 Å². The van der Waals surface area contributed by atoms with Crippen molar-refractivity contribution < 1.29 is 9.53 Å². The maximum absolute atomic E-state index is 10.7. The lowest BCUT2D eigenvalue weighted by Gasteiger charge is -2.35. The van der Waals surface area contributed by atoms with Gasteiger partial charge in [0.05, 0.1) is 0 Å². The van der Waals surface area contributed by atoms with Crippen LogP contribution < -0.4 is 4.90 Å². The summed E-state index contributed by atoms with van der Waals surface area (Å²) in [5.41, 5.74) is 0. The number of aromatic nitrogens is 1. The van der Waals surface area contributed by atoms with Crippen molar-refractivity contribution in [3.8, 4) is 0 Å². The molecule has 0 aliphatic carbocycles. The number of esters is 1. The largest absolute Gasteiger partial charge is 0.465 e. The van der Waals surface area contributed by atoms with E-state index < -0.39 is 0 Å². The predicted molar refractivity (Wildman–Crippen MR) is 69.5 cm³/mol. The quantitative estimate of drug-likeness (QED) is 0.737. The van der Waals surface area contributed by atoms with E-state index in [1.54, 1.807) is 0 Å². The average molecular weight is 249 g/mol. The van der Waals surface area contributed by atoms with Crippen molar-refractivity contribution in [1.29, 1.82) is 0 Å². The highest BCUT2D eigenvalue weighted by Gasteiger charge is 2.17. The minimum Gasteiger partial charge on any atom is -0.465 e. The van der Waals surface area contributed by atoms with Crippen LogP contribution in [0.1, 0.15) is 6.92 Å². The lowest BCUT2D eigenvalue weighted by molar-refractivity contribution is -0.141. The van der Waals surface area contributed by atoms with E-state index in [1.807, 2.05) is 24.4 Å². The van der Waals surface area contributed by atoms with Gasteiger partial charge in [-0.1, -0.05) is 6.07 Å². The van der Waals surface area contributed by atoms with E-state index >= 15 is 0 Å². The van der Waals surface area contributed by atoms with Crippen molar-refractivity contribution in [1.82, 2.24) is 9.88 Å². The first-order chi connectivity index (χ1) is 8.75. The van der Waals surface area contributed by atoms with Crippen LogP contribution in [0.15, 0.2) is 24.4 Å². The second-order valence-electron chi connectivity index (χ2n) is 4.36. The fraction of sp³-hybridized carbons (Fsp3) is 0.538. The van der Waals surface area contributed by atoms with Gasteiger partial charge in [0.15, 0.2) is 0 Å². The Bertz CT molecular complexity index is 375. The van der Waals surface area contributed by atoms with Crippen LogP contribution in [0.4, 0.5) is 5.82 Å². The zero-order valence-corrected chi connectivity index (χ0v) is 10.7. The van der Waals surface area contributed by atoms with Crippen LogP contribution in [0, 0.1) is 0 Å². The van der Waals surface area contributed by atoms with E-state index in [4.69, 9.17) is 4.74 Å². The number of ether oxygens (including phenoxy) is 1. The van der Waals surface area contributed by atoms with Gasteiger partial charge in [0.2, 0.25) is 0 Å². The summed E-state index contributed by atoms with van der Waals surface area (Å²) >= 11 is 0. The first-order valence-electron chi connectivity index (χ1n) is 6.27. The number of hydrogen-bond donors (Lipinski definition) is 0. The third-order valence-corrected chi connectivity index (χ3v) is 3.06. The Morgan fingerprint density at radius 3 is 2.72 bits per heavy atom. The Morgan fingerprint density at radius 1 is 1.33 bits per heavy atom. The molecule has 1 aliphatic heterocycles. The van der Waals surface area contributed by atoms with Crippen molar-refractivity contribution in [2.24, 2.45) is 0 Å². The number of piperazine rings is 1. The fourth-order valence-electron chi connectivity index (χ4n) is 2.06. The van der Waals surface area contributed by atoms with Crippen molar-refractivity contribution in [2.45, 2.75) is 6.92 Å². The molecule has 5 nitrogen and oxygen atoms in total. The van der Waals surface area contributed by atoms with Crippen molar-refractivity contribution in [3.63, 3.8) is 0 Å². The van der Waals surface area contributed by atoms with Gasteiger partial charge in [0.1, 0.15) is 12.4 Å². The number of pyridine rings is 1. The van der Waals surface area contributed by atoms with E-state index in [2.05, 4.69) is 14.8 Å². The van der Waals surface area contributed by atoms with Crippen LogP contribution in [-0.2, 0) is 9.53 Å². The molecule has 0 radical (unpaired) electrons. The monoisotopic (exact) mass is 249 g/mol. The summed E-state index contributed by atoms with van der Waals surface area (Å²) in [5.74, 6) is 0.833. The van der Waals surface area contributed by atoms with Crippen molar-refractivity contribution >= 4 is 11.8 Å². The van der Waals surface area contributed by atoms with Gasteiger partial charge in [0, 0.05) is 45.8 Å². The second-order valence-corrected chi connectivity index (χ2v) is 4.36. The van der Waals surface area contributed by atoms with Gasteiger partial charge < -0.3 is 9.64 Å². The van der Waals surface area contributed by atoms with Gasteiger partial charge in [-0.05, 0) is 12.1 Å². The van der Waals surface area contributed by atoms with Crippen LogP contribution >= 0.6 is 0 Å². The predicted octanol–water partition coefficient (Wildman–Crippen LogP) is 0.767. The Kier molecular flexibility index (Phi) is 4.52.